The monoisotopic (exact) mass is 192 g/mol. The maximum absolute atomic E-state index is 11.1. The average Bonchev–Trinajstić information content (AvgIpc) is 2.90. The van der Waals surface area contributed by atoms with Gasteiger partial charge in [-0.3, -0.25) is 0 Å². The molecule has 0 unspecified atom stereocenters. The van der Waals surface area contributed by atoms with Crippen LogP contribution in [0.5, 0.6) is 0 Å². The van der Waals surface area contributed by atoms with Crippen molar-refractivity contribution in [2.75, 3.05) is 0 Å². The van der Waals surface area contributed by atoms with E-state index >= 15 is 0 Å². The summed E-state index contributed by atoms with van der Waals surface area (Å²) in [7, 11) is 0. The van der Waals surface area contributed by atoms with Crippen LogP contribution in [0, 0.1) is 10.8 Å². The number of allylic oxidation sites excluding steroid dienone is 2. The first-order chi connectivity index (χ1) is 6.52. The summed E-state index contributed by atoms with van der Waals surface area (Å²) in [6.07, 6.45) is 7.09. The molecule has 1 fully saturated rings. The Labute approximate surface area is 86.6 Å². The standard InChI is InChI=1S/C13H20O/c1-10-11(13(9-14)7-8-13)5-4-6-12(10,2)3/h9H,4-8H2,1-3H3. The van der Waals surface area contributed by atoms with Crippen LogP contribution < -0.4 is 0 Å². The van der Waals surface area contributed by atoms with Gasteiger partial charge in [0.1, 0.15) is 6.29 Å². The molecule has 1 heteroatoms. The lowest BCUT2D eigenvalue weighted by atomic mass is 9.70. The van der Waals surface area contributed by atoms with E-state index in [1.165, 1.54) is 30.3 Å². The highest BCUT2D eigenvalue weighted by Crippen LogP contribution is 2.56. The van der Waals surface area contributed by atoms with Crippen molar-refractivity contribution in [3.8, 4) is 0 Å². The summed E-state index contributed by atoms with van der Waals surface area (Å²) >= 11 is 0. The lowest BCUT2D eigenvalue weighted by Gasteiger charge is -2.35. The summed E-state index contributed by atoms with van der Waals surface area (Å²) in [6.45, 7) is 6.85. The Morgan fingerprint density at radius 3 is 2.36 bits per heavy atom. The third-order valence-electron chi connectivity index (χ3n) is 4.31. The quantitative estimate of drug-likeness (QED) is 0.483. The second-order valence-electron chi connectivity index (χ2n) is 5.61. The molecule has 14 heavy (non-hydrogen) atoms. The van der Waals surface area contributed by atoms with Crippen molar-refractivity contribution in [2.24, 2.45) is 10.8 Å². The van der Waals surface area contributed by atoms with Crippen LogP contribution in [0.15, 0.2) is 11.1 Å². The third kappa shape index (κ3) is 1.34. The molecule has 2 rings (SSSR count). The first kappa shape index (κ1) is 9.95. The van der Waals surface area contributed by atoms with Crippen LogP contribution in [0.1, 0.15) is 52.9 Å². The van der Waals surface area contributed by atoms with E-state index in [1.807, 2.05) is 0 Å². The predicted molar refractivity (Wildman–Crippen MR) is 58.1 cm³/mol. The Balaban J connectivity index is 2.38. The number of aldehydes is 1. The molecule has 0 heterocycles. The maximum Gasteiger partial charge on any atom is 0.130 e. The largest absolute Gasteiger partial charge is 0.302 e. The molecule has 0 bridgehead atoms. The minimum atomic E-state index is -0.0121. The van der Waals surface area contributed by atoms with Crippen molar-refractivity contribution >= 4 is 6.29 Å². The van der Waals surface area contributed by atoms with Gasteiger partial charge in [0.2, 0.25) is 0 Å². The molecular formula is C13H20O. The van der Waals surface area contributed by atoms with Gasteiger partial charge < -0.3 is 4.79 Å². The summed E-state index contributed by atoms with van der Waals surface area (Å²) < 4.78 is 0. The molecule has 2 aliphatic rings. The highest BCUT2D eigenvalue weighted by atomic mass is 16.1. The van der Waals surface area contributed by atoms with E-state index in [2.05, 4.69) is 20.8 Å². The van der Waals surface area contributed by atoms with Gasteiger partial charge in [0.05, 0.1) is 0 Å². The van der Waals surface area contributed by atoms with Crippen molar-refractivity contribution < 1.29 is 4.79 Å². The molecule has 0 aromatic carbocycles. The summed E-state index contributed by atoms with van der Waals surface area (Å²) in [4.78, 5) is 11.1. The van der Waals surface area contributed by atoms with Gasteiger partial charge in [0.25, 0.3) is 0 Å². The Kier molecular flexibility index (Phi) is 2.09. The van der Waals surface area contributed by atoms with Gasteiger partial charge in [-0.1, -0.05) is 25.0 Å². The molecule has 2 aliphatic carbocycles. The van der Waals surface area contributed by atoms with Gasteiger partial charge in [-0.25, -0.2) is 0 Å². The molecule has 0 saturated heterocycles. The predicted octanol–water partition coefficient (Wildman–Crippen LogP) is 3.49. The Morgan fingerprint density at radius 2 is 1.86 bits per heavy atom. The number of hydrogen-bond donors (Lipinski definition) is 0. The lowest BCUT2D eigenvalue weighted by Crippen LogP contribution is -2.23. The summed E-state index contributed by atoms with van der Waals surface area (Å²) in [5.74, 6) is 0. The molecule has 0 radical (unpaired) electrons. The van der Waals surface area contributed by atoms with E-state index < -0.39 is 0 Å². The Bertz CT molecular complexity index is 292. The van der Waals surface area contributed by atoms with Crippen LogP contribution in [0.25, 0.3) is 0 Å². The zero-order chi connectivity index (χ0) is 10.4. The van der Waals surface area contributed by atoms with E-state index in [4.69, 9.17) is 0 Å². The highest BCUT2D eigenvalue weighted by Gasteiger charge is 2.48. The lowest BCUT2D eigenvalue weighted by molar-refractivity contribution is -0.111. The molecule has 0 amide bonds. The molecule has 0 spiro atoms. The zero-order valence-corrected chi connectivity index (χ0v) is 9.52. The average molecular weight is 192 g/mol. The van der Waals surface area contributed by atoms with Crippen molar-refractivity contribution in [1.82, 2.24) is 0 Å². The Morgan fingerprint density at radius 1 is 1.21 bits per heavy atom. The summed E-state index contributed by atoms with van der Waals surface area (Å²) in [5, 5.41) is 0. The SMILES string of the molecule is CC1=C(C2(C=O)CC2)CCCC1(C)C. The van der Waals surface area contributed by atoms with E-state index in [0.717, 1.165) is 19.3 Å². The van der Waals surface area contributed by atoms with Gasteiger partial charge in [0, 0.05) is 5.41 Å². The summed E-state index contributed by atoms with van der Waals surface area (Å²) in [5.41, 5.74) is 3.28. The van der Waals surface area contributed by atoms with Crippen molar-refractivity contribution in [2.45, 2.75) is 52.9 Å². The number of carbonyl (C=O) groups excluding carboxylic acids is 1. The molecule has 1 saturated carbocycles. The first-order valence-electron chi connectivity index (χ1n) is 5.69. The van der Waals surface area contributed by atoms with Crippen LogP contribution in [-0.4, -0.2) is 6.29 Å². The molecule has 1 nitrogen and oxygen atoms in total. The number of carbonyl (C=O) groups is 1. The summed E-state index contributed by atoms with van der Waals surface area (Å²) in [6, 6.07) is 0. The minimum absolute atomic E-state index is 0.0121. The minimum Gasteiger partial charge on any atom is -0.302 e. The van der Waals surface area contributed by atoms with Gasteiger partial charge in [-0.15, -0.1) is 0 Å². The number of hydrogen-bond acceptors (Lipinski definition) is 1. The molecule has 0 aromatic rings. The van der Waals surface area contributed by atoms with Crippen molar-refractivity contribution in [3.63, 3.8) is 0 Å². The highest BCUT2D eigenvalue weighted by molar-refractivity contribution is 5.70. The van der Waals surface area contributed by atoms with Gasteiger partial charge in [-0.2, -0.15) is 0 Å². The first-order valence-corrected chi connectivity index (χ1v) is 5.69. The normalized spacial score (nSPS) is 28.8. The fraction of sp³-hybridized carbons (Fsp3) is 0.769. The molecule has 0 N–H and O–H groups in total. The van der Waals surface area contributed by atoms with E-state index in [0.29, 0.717) is 5.41 Å². The van der Waals surface area contributed by atoms with E-state index in [9.17, 15) is 4.79 Å². The van der Waals surface area contributed by atoms with E-state index in [-0.39, 0.29) is 5.41 Å². The second-order valence-corrected chi connectivity index (χ2v) is 5.61. The third-order valence-corrected chi connectivity index (χ3v) is 4.31. The molecule has 0 atom stereocenters. The molecular weight excluding hydrogens is 172 g/mol. The van der Waals surface area contributed by atoms with Gasteiger partial charge in [-0.05, 0) is 44.4 Å². The van der Waals surface area contributed by atoms with Gasteiger partial charge >= 0.3 is 0 Å². The van der Waals surface area contributed by atoms with Crippen molar-refractivity contribution in [1.29, 1.82) is 0 Å². The number of rotatable bonds is 2. The zero-order valence-electron chi connectivity index (χ0n) is 9.52. The van der Waals surface area contributed by atoms with Crippen LogP contribution in [0.3, 0.4) is 0 Å². The molecule has 78 valence electrons. The molecule has 0 aromatic heterocycles. The second kappa shape index (κ2) is 2.95. The van der Waals surface area contributed by atoms with E-state index in [1.54, 1.807) is 0 Å². The van der Waals surface area contributed by atoms with Crippen LogP contribution in [-0.2, 0) is 4.79 Å². The fourth-order valence-electron chi connectivity index (χ4n) is 2.74. The topological polar surface area (TPSA) is 17.1 Å². The van der Waals surface area contributed by atoms with Crippen molar-refractivity contribution in [3.05, 3.63) is 11.1 Å². The van der Waals surface area contributed by atoms with Crippen LogP contribution >= 0.6 is 0 Å². The smallest absolute Gasteiger partial charge is 0.130 e. The van der Waals surface area contributed by atoms with Gasteiger partial charge in [0.15, 0.2) is 0 Å². The van der Waals surface area contributed by atoms with Crippen LogP contribution in [0.2, 0.25) is 0 Å². The fourth-order valence-corrected chi connectivity index (χ4v) is 2.74. The Hall–Kier alpha value is -0.590. The van der Waals surface area contributed by atoms with Crippen LogP contribution in [0.4, 0.5) is 0 Å². The molecule has 0 aliphatic heterocycles. The maximum atomic E-state index is 11.1.